The normalized spacial score (nSPS) is 16.7. The molecule has 27 heavy (non-hydrogen) atoms. The lowest BCUT2D eigenvalue weighted by Gasteiger charge is -2.36. The predicted octanol–water partition coefficient (Wildman–Crippen LogP) is 0.0661. The minimum atomic E-state index is -3.73. The maximum absolute atomic E-state index is 12.6. The number of rotatable bonds is 5. The fourth-order valence-electron chi connectivity index (χ4n) is 3.29. The van der Waals surface area contributed by atoms with Gasteiger partial charge in [0.25, 0.3) is 5.91 Å². The number of hydrogen-bond donors (Lipinski definition) is 3. The fourth-order valence-corrected chi connectivity index (χ4v) is 3.80. The SMILES string of the molecule is C[C@@H](C(=O)Nc1ccc(S(N)(=O)=O)cc1)[NH+]1CCN(c2ccccc2)CC1. The number of quaternary nitrogens is 1. The summed E-state index contributed by atoms with van der Waals surface area (Å²) in [6, 6.07) is 16.0. The van der Waals surface area contributed by atoms with Crippen molar-refractivity contribution in [2.75, 3.05) is 36.4 Å². The minimum Gasteiger partial charge on any atom is -0.360 e. The maximum atomic E-state index is 12.6. The Kier molecular flexibility index (Phi) is 5.79. The van der Waals surface area contributed by atoms with E-state index in [-0.39, 0.29) is 16.8 Å². The largest absolute Gasteiger partial charge is 0.360 e. The van der Waals surface area contributed by atoms with Gasteiger partial charge >= 0.3 is 0 Å². The third kappa shape index (κ3) is 4.85. The monoisotopic (exact) mass is 389 g/mol. The van der Waals surface area contributed by atoms with E-state index in [0.29, 0.717) is 5.69 Å². The summed E-state index contributed by atoms with van der Waals surface area (Å²) < 4.78 is 22.6. The lowest BCUT2D eigenvalue weighted by atomic mass is 10.2. The molecule has 8 heteroatoms. The Morgan fingerprint density at radius 1 is 1.07 bits per heavy atom. The van der Waals surface area contributed by atoms with Crippen LogP contribution in [0.1, 0.15) is 6.92 Å². The summed E-state index contributed by atoms with van der Waals surface area (Å²) in [5, 5.41) is 7.94. The summed E-state index contributed by atoms with van der Waals surface area (Å²) in [7, 11) is -3.73. The van der Waals surface area contributed by atoms with Crippen LogP contribution in [0.15, 0.2) is 59.5 Å². The first-order chi connectivity index (χ1) is 12.8. The molecule has 1 fully saturated rings. The van der Waals surface area contributed by atoms with Crippen molar-refractivity contribution in [2.24, 2.45) is 5.14 Å². The van der Waals surface area contributed by atoms with E-state index < -0.39 is 10.0 Å². The molecule has 7 nitrogen and oxygen atoms in total. The second kappa shape index (κ2) is 8.08. The van der Waals surface area contributed by atoms with Gasteiger partial charge < -0.3 is 15.1 Å². The molecule has 0 bridgehead atoms. The molecule has 1 atom stereocenters. The van der Waals surface area contributed by atoms with Gasteiger partial charge in [-0.05, 0) is 43.3 Å². The molecule has 1 aliphatic heterocycles. The summed E-state index contributed by atoms with van der Waals surface area (Å²) >= 11 is 0. The third-order valence-corrected chi connectivity index (χ3v) is 5.91. The number of nitrogens with two attached hydrogens (primary N) is 1. The Bertz CT molecular complexity index is 877. The minimum absolute atomic E-state index is 0.0243. The van der Waals surface area contributed by atoms with Crippen LogP contribution >= 0.6 is 0 Å². The summed E-state index contributed by atoms with van der Waals surface area (Å²) in [5.41, 5.74) is 1.77. The molecule has 1 heterocycles. The second-order valence-corrected chi connectivity index (χ2v) is 8.32. The van der Waals surface area contributed by atoms with Crippen LogP contribution < -0.4 is 20.3 Å². The highest BCUT2D eigenvalue weighted by molar-refractivity contribution is 7.89. The quantitative estimate of drug-likeness (QED) is 0.674. The Morgan fingerprint density at radius 3 is 2.22 bits per heavy atom. The molecule has 1 saturated heterocycles. The molecule has 4 N–H and O–H groups in total. The molecule has 0 unspecified atom stereocenters. The number of benzene rings is 2. The first-order valence-electron chi connectivity index (χ1n) is 8.93. The van der Waals surface area contributed by atoms with Crippen molar-refractivity contribution < 1.29 is 18.1 Å². The number of amides is 1. The maximum Gasteiger partial charge on any atom is 0.282 e. The molecule has 0 aromatic heterocycles. The first-order valence-corrected chi connectivity index (χ1v) is 10.5. The Morgan fingerprint density at radius 2 is 1.67 bits per heavy atom. The Balaban J connectivity index is 1.55. The molecule has 0 spiro atoms. The average molecular weight is 390 g/mol. The number of sulfonamides is 1. The van der Waals surface area contributed by atoms with Crippen molar-refractivity contribution in [3.8, 4) is 0 Å². The van der Waals surface area contributed by atoms with Crippen LogP contribution in [0, 0.1) is 0 Å². The number of hydrogen-bond acceptors (Lipinski definition) is 4. The van der Waals surface area contributed by atoms with Crippen molar-refractivity contribution in [2.45, 2.75) is 17.9 Å². The van der Waals surface area contributed by atoms with E-state index in [4.69, 9.17) is 5.14 Å². The van der Waals surface area contributed by atoms with E-state index in [1.807, 2.05) is 25.1 Å². The van der Waals surface area contributed by atoms with Crippen LogP contribution in [0.25, 0.3) is 0 Å². The molecule has 0 saturated carbocycles. The number of carbonyl (C=O) groups excluding carboxylic acids is 1. The van der Waals surface area contributed by atoms with Gasteiger partial charge in [-0.2, -0.15) is 0 Å². The molecule has 1 aliphatic rings. The van der Waals surface area contributed by atoms with Gasteiger partial charge in [0.15, 0.2) is 6.04 Å². The van der Waals surface area contributed by atoms with Gasteiger partial charge in [0, 0.05) is 11.4 Å². The highest BCUT2D eigenvalue weighted by Crippen LogP contribution is 2.14. The molecule has 2 aromatic rings. The highest BCUT2D eigenvalue weighted by Gasteiger charge is 2.29. The number of nitrogens with one attached hydrogen (secondary N) is 2. The lowest BCUT2D eigenvalue weighted by molar-refractivity contribution is -0.914. The summed E-state index contributed by atoms with van der Waals surface area (Å²) in [4.78, 5) is 16.2. The molecular weight excluding hydrogens is 364 g/mol. The van der Waals surface area contributed by atoms with Gasteiger partial charge in [0.2, 0.25) is 10.0 Å². The smallest absolute Gasteiger partial charge is 0.282 e. The van der Waals surface area contributed by atoms with Crippen LogP contribution in [0.4, 0.5) is 11.4 Å². The van der Waals surface area contributed by atoms with Crippen LogP contribution in [0.5, 0.6) is 0 Å². The van der Waals surface area contributed by atoms with Crippen molar-refractivity contribution in [1.82, 2.24) is 0 Å². The van der Waals surface area contributed by atoms with Gasteiger partial charge in [-0.1, -0.05) is 18.2 Å². The molecule has 3 rings (SSSR count). The molecule has 144 valence electrons. The first kappa shape index (κ1) is 19.3. The number of piperazine rings is 1. The zero-order chi connectivity index (χ0) is 19.4. The third-order valence-electron chi connectivity index (χ3n) is 4.98. The van der Waals surface area contributed by atoms with E-state index in [9.17, 15) is 13.2 Å². The molecule has 1 amide bonds. The van der Waals surface area contributed by atoms with Crippen LogP contribution in [-0.4, -0.2) is 46.5 Å². The molecular formula is C19H25N4O3S+. The van der Waals surface area contributed by atoms with E-state index in [1.165, 1.54) is 22.7 Å². The predicted molar refractivity (Wildman–Crippen MR) is 105 cm³/mol. The topological polar surface area (TPSA) is 96.9 Å². The number of nitrogens with zero attached hydrogens (tertiary/aromatic N) is 1. The number of carbonyl (C=O) groups is 1. The zero-order valence-electron chi connectivity index (χ0n) is 15.3. The van der Waals surface area contributed by atoms with Gasteiger partial charge in [-0.3, -0.25) is 4.79 Å². The van der Waals surface area contributed by atoms with Gasteiger partial charge in [0.05, 0.1) is 31.1 Å². The van der Waals surface area contributed by atoms with E-state index in [0.717, 1.165) is 26.2 Å². The standard InChI is InChI=1S/C19H24N4O3S/c1-15(19(24)21-16-7-9-18(10-8-16)27(20,25)26)22-11-13-23(14-12-22)17-5-3-2-4-6-17/h2-10,15H,11-14H2,1H3,(H,21,24)(H2,20,25,26)/p+1/t15-/m0/s1. The molecule has 0 radical (unpaired) electrons. The van der Waals surface area contributed by atoms with Crippen molar-refractivity contribution >= 4 is 27.3 Å². The Hall–Kier alpha value is -2.42. The summed E-state index contributed by atoms with van der Waals surface area (Å²) in [6.07, 6.45) is 0. The fraction of sp³-hybridized carbons (Fsp3) is 0.316. The Labute approximate surface area is 159 Å². The van der Waals surface area contributed by atoms with Gasteiger partial charge in [-0.25, -0.2) is 13.6 Å². The highest BCUT2D eigenvalue weighted by atomic mass is 32.2. The zero-order valence-corrected chi connectivity index (χ0v) is 16.1. The van der Waals surface area contributed by atoms with Crippen LogP contribution in [-0.2, 0) is 14.8 Å². The summed E-state index contributed by atoms with van der Waals surface area (Å²) in [5.74, 6) is -0.0819. The second-order valence-electron chi connectivity index (χ2n) is 6.76. The van der Waals surface area contributed by atoms with Gasteiger partial charge in [-0.15, -0.1) is 0 Å². The average Bonchev–Trinajstić information content (AvgIpc) is 2.68. The molecule has 2 aromatic carbocycles. The van der Waals surface area contributed by atoms with E-state index in [1.54, 1.807) is 12.1 Å². The van der Waals surface area contributed by atoms with Crippen LogP contribution in [0.3, 0.4) is 0 Å². The van der Waals surface area contributed by atoms with E-state index in [2.05, 4.69) is 22.3 Å². The van der Waals surface area contributed by atoms with E-state index >= 15 is 0 Å². The summed E-state index contributed by atoms with van der Waals surface area (Å²) in [6.45, 7) is 5.49. The number of primary sulfonamides is 1. The van der Waals surface area contributed by atoms with Crippen molar-refractivity contribution in [3.63, 3.8) is 0 Å². The van der Waals surface area contributed by atoms with Crippen molar-refractivity contribution in [1.29, 1.82) is 0 Å². The van der Waals surface area contributed by atoms with Crippen molar-refractivity contribution in [3.05, 3.63) is 54.6 Å². The number of para-hydroxylation sites is 1. The molecule has 0 aliphatic carbocycles. The van der Waals surface area contributed by atoms with Gasteiger partial charge in [0.1, 0.15) is 0 Å². The van der Waals surface area contributed by atoms with Crippen LogP contribution in [0.2, 0.25) is 0 Å². The number of anilines is 2. The lowest BCUT2D eigenvalue weighted by Crippen LogP contribution is -3.19.